The zero-order valence-electron chi connectivity index (χ0n) is 11.2. The van der Waals surface area contributed by atoms with Crippen LogP contribution in [-0.4, -0.2) is 12.5 Å². The molecule has 2 aromatic carbocycles. The molecule has 104 valence electrons. The molecule has 0 radical (unpaired) electrons. The van der Waals surface area contributed by atoms with Crippen molar-refractivity contribution in [3.05, 3.63) is 54.1 Å². The van der Waals surface area contributed by atoms with Gasteiger partial charge in [0.1, 0.15) is 17.9 Å². The molecule has 5 nitrogen and oxygen atoms in total. The molecule has 0 spiro atoms. The van der Waals surface area contributed by atoms with Crippen molar-refractivity contribution in [3.8, 4) is 11.8 Å². The first-order chi connectivity index (χ1) is 10.3. The van der Waals surface area contributed by atoms with Crippen molar-refractivity contribution in [3.63, 3.8) is 0 Å². The Morgan fingerprint density at radius 1 is 1.24 bits per heavy atom. The molecule has 0 fully saturated rings. The fraction of sp³-hybridized carbons (Fsp3) is 0.125. The number of benzene rings is 2. The molecule has 1 amide bonds. The Morgan fingerprint density at radius 2 is 2.10 bits per heavy atom. The van der Waals surface area contributed by atoms with E-state index in [1.54, 1.807) is 12.1 Å². The molecule has 0 saturated carbocycles. The van der Waals surface area contributed by atoms with Gasteiger partial charge in [-0.3, -0.25) is 4.79 Å². The van der Waals surface area contributed by atoms with E-state index in [0.29, 0.717) is 5.75 Å². The zero-order valence-corrected chi connectivity index (χ0v) is 11.2. The van der Waals surface area contributed by atoms with Crippen LogP contribution in [0, 0.1) is 11.3 Å². The van der Waals surface area contributed by atoms with Gasteiger partial charge >= 0.3 is 0 Å². The van der Waals surface area contributed by atoms with Gasteiger partial charge in [0.2, 0.25) is 0 Å². The molecule has 0 aromatic heterocycles. The van der Waals surface area contributed by atoms with Gasteiger partial charge in [-0.1, -0.05) is 24.3 Å². The van der Waals surface area contributed by atoms with Crippen LogP contribution < -0.4 is 15.4 Å². The minimum absolute atomic E-state index is 0.00377. The van der Waals surface area contributed by atoms with Crippen molar-refractivity contribution < 1.29 is 9.53 Å². The summed E-state index contributed by atoms with van der Waals surface area (Å²) in [5.74, 6) is 0.507. The lowest BCUT2D eigenvalue weighted by atomic mass is 10.1. The highest BCUT2D eigenvalue weighted by atomic mass is 16.5. The fourth-order valence-electron chi connectivity index (χ4n) is 2.31. The summed E-state index contributed by atoms with van der Waals surface area (Å²) >= 11 is 0. The molecule has 1 atom stereocenters. The summed E-state index contributed by atoms with van der Waals surface area (Å²) < 4.78 is 5.25. The third-order valence-corrected chi connectivity index (χ3v) is 3.24. The van der Waals surface area contributed by atoms with E-state index in [-0.39, 0.29) is 12.5 Å². The lowest BCUT2D eigenvalue weighted by molar-refractivity contribution is -0.116. The maximum atomic E-state index is 12.0. The van der Waals surface area contributed by atoms with Gasteiger partial charge in [-0.15, -0.1) is 0 Å². The van der Waals surface area contributed by atoms with E-state index < -0.39 is 6.04 Å². The SMILES string of the molecule is N#CCOc1cccc(NC2C(=O)Nc3ccccc32)c1. The van der Waals surface area contributed by atoms with Crippen LogP contribution in [-0.2, 0) is 4.79 Å². The molecule has 2 aromatic rings. The van der Waals surface area contributed by atoms with Gasteiger partial charge in [0.15, 0.2) is 6.61 Å². The predicted molar refractivity (Wildman–Crippen MR) is 79.0 cm³/mol. The number of carbonyl (C=O) groups is 1. The summed E-state index contributed by atoms with van der Waals surface area (Å²) in [5, 5.41) is 14.6. The number of carbonyl (C=O) groups excluding carboxylic acids is 1. The highest BCUT2D eigenvalue weighted by Crippen LogP contribution is 2.33. The number of nitrogens with one attached hydrogen (secondary N) is 2. The topological polar surface area (TPSA) is 74.1 Å². The van der Waals surface area contributed by atoms with E-state index in [0.717, 1.165) is 16.9 Å². The Hall–Kier alpha value is -3.00. The Labute approximate surface area is 122 Å². The summed E-state index contributed by atoms with van der Waals surface area (Å²) in [6.07, 6.45) is 0. The number of fused-ring (bicyclic) bond motifs is 1. The largest absolute Gasteiger partial charge is 0.479 e. The molecule has 0 bridgehead atoms. The smallest absolute Gasteiger partial charge is 0.251 e. The molecule has 21 heavy (non-hydrogen) atoms. The summed E-state index contributed by atoms with van der Waals surface area (Å²) in [7, 11) is 0. The van der Waals surface area contributed by atoms with Crippen molar-refractivity contribution in [1.29, 1.82) is 5.26 Å². The highest BCUT2D eigenvalue weighted by molar-refractivity contribution is 6.04. The third-order valence-electron chi connectivity index (χ3n) is 3.24. The maximum absolute atomic E-state index is 12.0. The van der Waals surface area contributed by atoms with Gasteiger partial charge in [-0.25, -0.2) is 0 Å². The van der Waals surface area contributed by atoms with Crippen molar-refractivity contribution in [2.24, 2.45) is 0 Å². The first kappa shape index (κ1) is 13.0. The number of hydrogen-bond donors (Lipinski definition) is 2. The van der Waals surface area contributed by atoms with Gasteiger partial charge in [-0.05, 0) is 18.2 Å². The summed E-state index contributed by atoms with van der Waals surface area (Å²) in [4.78, 5) is 12.0. The summed E-state index contributed by atoms with van der Waals surface area (Å²) in [6, 6.07) is 16.3. The standard InChI is InChI=1S/C16H13N3O2/c17-8-9-21-12-5-3-4-11(10-12)18-15-13-6-1-2-7-14(13)19-16(15)20/h1-7,10,15,18H,9H2,(H,19,20). The molecule has 1 aliphatic rings. The van der Waals surface area contributed by atoms with Gasteiger partial charge in [0, 0.05) is 23.0 Å². The molecule has 0 saturated heterocycles. The van der Waals surface area contributed by atoms with Crippen molar-refractivity contribution in [2.75, 3.05) is 17.2 Å². The fourth-order valence-corrected chi connectivity index (χ4v) is 2.31. The van der Waals surface area contributed by atoms with E-state index in [2.05, 4.69) is 10.6 Å². The van der Waals surface area contributed by atoms with Crippen LogP contribution in [0.1, 0.15) is 11.6 Å². The molecular weight excluding hydrogens is 266 g/mol. The van der Waals surface area contributed by atoms with Crippen LogP contribution in [0.15, 0.2) is 48.5 Å². The molecule has 1 unspecified atom stereocenters. The second-order valence-corrected chi connectivity index (χ2v) is 4.63. The van der Waals surface area contributed by atoms with Crippen molar-refractivity contribution in [2.45, 2.75) is 6.04 Å². The lowest BCUT2D eigenvalue weighted by Gasteiger charge is -2.13. The molecule has 0 aliphatic carbocycles. The van der Waals surface area contributed by atoms with E-state index in [9.17, 15) is 4.79 Å². The van der Waals surface area contributed by atoms with Crippen molar-refractivity contribution >= 4 is 17.3 Å². The van der Waals surface area contributed by atoms with Crippen LogP contribution in [0.5, 0.6) is 5.75 Å². The van der Waals surface area contributed by atoms with E-state index in [1.807, 2.05) is 42.5 Å². The number of amides is 1. The molecule has 3 rings (SSSR count). The Kier molecular flexibility index (Phi) is 3.44. The second kappa shape index (κ2) is 5.55. The number of nitriles is 1. The second-order valence-electron chi connectivity index (χ2n) is 4.63. The molecule has 2 N–H and O–H groups in total. The number of para-hydroxylation sites is 1. The number of anilines is 2. The summed E-state index contributed by atoms with van der Waals surface area (Å²) in [5.41, 5.74) is 2.52. The Morgan fingerprint density at radius 3 is 2.95 bits per heavy atom. The summed E-state index contributed by atoms with van der Waals surface area (Å²) in [6.45, 7) is -0.00377. The number of rotatable bonds is 4. The van der Waals surface area contributed by atoms with Crippen molar-refractivity contribution in [1.82, 2.24) is 0 Å². The monoisotopic (exact) mass is 279 g/mol. The zero-order chi connectivity index (χ0) is 14.7. The first-order valence-corrected chi connectivity index (χ1v) is 6.54. The molecule has 1 aliphatic heterocycles. The maximum Gasteiger partial charge on any atom is 0.251 e. The van der Waals surface area contributed by atoms with Crippen LogP contribution in [0.2, 0.25) is 0 Å². The van der Waals surface area contributed by atoms with Crippen LogP contribution in [0.25, 0.3) is 0 Å². The van der Waals surface area contributed by atoms with Gasteiger partial charge in [-0.2, -0.15) is 5.26 Å². The van der Waals surface area contributed by atoms with Crippen LogP contribution in [0.4, 0.5) is 11.4 Å². The Balaban J connectivity index is 1.81. The van der Waals surface area contributed by atoms with E-state index in [4.69, 9.17) is 10.00 Å². The van der Waals surface area contributed by atoms with E-state index >= 15 is 0 Å². The highest BCUT2D eigenvalue weighted by Gasteiger charge is 2.29. The predicted octanol–water partition coefficient (Wildman–Crippen LogP) is 2.69. The number of hydrogen-bond acceptors (Lipinski definition) is 4. The Bertz CT molecular complexity index is 721. The van der Waals surface area contributed by atoms with Gasteiger partial charge in [0.25, 0.3) is 5.91 Å². The molecule has 1 heterocycles. The normalized spacial score (nSPS) is 15.8. The third kappa shape index (κ3) is 2.65. The van der Waals surface area contributed by atoms with Gasteiger partial charge in [0.05, 0.1) is 0 Å². The average molecular weight is 279 g/mol. The lowest BCUT2D eigenvalue weighted by Crippen LogP contribution is -2.19. The average Bonchev–Trinajstić information content (AvgIpc) is 2.82. The molecular formula is C16H13N3O2. The van der Waals surface area contributed by atoms with E-state index in [1.165, 1.54) is 0 Å². The minimum atomic E-state index is -0.424. The van der Waals surface area contributed by atoms with Crippen LogP contribution in [0.3, 0.4) is 0 Å². The van der Waals surface area contributed by atoms with Gasteiger partial charge < -0.3 is 15.4 Å². The molecule has 5 heteroatoms. The minimum Gasteiger partial charge on any atom is -0.479 e. The van der Waals surface area contributed by atoms with Crippen LogP contribution >= 0.6 is 0 Å². The quantitative estimate of drug-likeness (QED) is 0.902. The number of ether oxygens (including phenoxy) is 1. The number of nitrogens with zero attached hydrogens (tertiary/aromatic N) is 1. The first-order valence-electron chi connectivity index (χ1n) is 6.54.